The molecular weight excluding hydrogens is 178 g/mol. The number of hydrogen-bond donors (Lipinski definition) is 1. The molecule has 0 saturated carbocycles. The van der Waals surface area contributed by atoms with Crippen LogP contribution in [-0.2, 0) is 7.05 Å². The Balaban J connectivity index is 2.22. The van der Waals surface area contributed by atoms with Crippen molar-refractivity contribution in [2.45, 2.75) is 18.8 Å². The SMILES string of the molecule is Cn1cc(C2CCNCC2)cnc1=O. The summed E-state index contributed by atoms with van der Waals surface area (Å²) < 4.78 is 1.55. The van der Waals surface area contributed by atoms with Gasteiger partial charge in [-0.2, -0.15) is 0 Å². The monoisotopic (exact) mass is 193 g/mol. The van der Waals surface area contributed by atoms with Gasteiger partial charge in [-0.15, -0.1) is 0 Å². The van der Waals surface area contributed by atoms with Gasteiger partial charge in [0.2, 0.25) is 0 Å². The van der Waals surface area contributed by atoms with Gasteiger partial charge in [0.05, 0.1) is 0 Å². The highest BCUT2D eigenvalue weighted by Gasteiger charge is 2.15. The molecule has 1 aliphatic heterocycles. The smallest absolute Gasteiger partial charge is 0.317 e. The molecule has 0 aromatic carbocycles. The molecule has 1 N–H and O–H groups in total. The van der Waals surface area contributed by atoms with Crippen molar-refractivity contribution in [1.29, 1.82) is 0 Å². The van der Waals surface area contributed by atoms with E-state index < -0.39 is 0 Å². The lowest BCUT2D eigenvalue weighted by Gasteiger charge is -2.22. The summed E-state index contributed by atoms with van der Waals surface area (Å²) in [6.45, 7) is 2.13. The maximum atomic E-state index is 11.1. The van der Waals surface area contributed by atoms with Crippen molar-refractivity contribution in [2.24, 2.45) is 7.05 Å². The summed E-state index contributed by atoms with van der Waals surface area (Å²) in [5.41, 5.74) is 1.01. The maximum Gasteiger partial charge on any atom is 0.347 e. The largest absolute Gasteiger partial charge is 0.347 e. The van der Waals surface area contributed by atoms with Crippen molar-refractivity contribution in [1.82, 2.24) is 14.9 Å². The van der Waals surface area contributed by atoms with Gasteiger partial charge >= 0.3 is 5.69 Å². The molecule has 4 heteroatoms. The zero-order chi connectivity index (χ0) is 9.97. The lowest BCUT2D eigenvalue weighted by molar-refractivity contribution is 0.456. The average Bonchev–Trinajstić information content (AvgIpc) is 2.23. The normalized spacial score (nSPS) is 18.4. The van der Waals surface area contributed by atoms with Crippen LogP contribution in [0.4, 0.5) is 0 Å². The van der Waals surface area contributed by atoms with E-state index in [2.05, 4.69) is 10.3 Å². The van der Waals surface area contributed by atoms with Gasteiger partial charge in [-0.1, -0.05) is 0 Å². The highest BCUT2D eigenvalue weighted by Crippen LogP contribution is 2.23. The molecule has 0 amide bonds. The zero-order valence-corrected chi connectivity index (χ0v) is 8.36. The maximum absolute atomic E-state index is 11.1. The zero-order valence-electron chi connectivity index (χ0n) is 8.36. The van der Waals surface area contributed by atoms with E-state index in [0.29, 0.717) is 5.92 Å². The van der Waals surface area contributed by atoms with Gasteiger partial charge in [-0.3, -0.25) is 0 Å². The minimum absolute atomic E-state index is 0.178. The Bertz CT molecular complexity index is 366. The van der Waals surface area contributed by atoms with Crippen LogP contribution < -0.4 is 11.0 Å². The quantitative estimate of drug-likeness (QED) is 0.695. The number of nitrogens with one attached hydrogen (secondary N) is 1. The number of aryl methyl sites for hydroxylation is 1. The molecule has 1 aromatic rings. The Morgan fingerprint density at radius 3 is 2.86 bits per heavy atom. The third-order valence-corrected chi connectivity index (χ3v) is 2.78. The highest BCUT2D eigenvalue weighted by atomic mass is 16.1. The van der Waals surface area contributed by atoms with Gasteiger partial charge in [-0.25, -0.2) is 9.78 Å². The first-order valence-corrected chi connectivity index (χ1v) is 5.00. The second-order valence-corrected chi connectivity index (χ2v) is 3.81. The number of piperidine rings is 1. The summed E-state index contributed by atoms with van der Waals surface area (Å²) in [5.74, 6) is 0.565. The van der Waals surface area contributed by atoms with Crippen LogP contribution in [0.15, 0.2) is 17.2 Å². The second kappa shape index (κ2) is 3.92. The first-order valence-electron chi connectivity index (χ1n) is 5.00. The summed E-state index contributed by atoms with van der Waals surface area (Å²) >= 11 is 0. The van der Waals surface area contributed by atoms with Crippen LogP contribution in [0.25, 0.3) is 0 Å². The molecule has 1 saturated heterocycles. The summed E-state index contributed by atoms with van der Waals surface area (Å²) in [4.78, 5) is 14.9. The predicted molar refractivity (Wildman–Crippen MR) is 54.3 cm³/mol. The minimum atomic E-state index is -0.178. The van der Waals surface area contributed by atoms with E-state index >= 15 is 0 Å². The summed E-state index contributed by atoms with van der Waals surface area (Å²) in [5, 5.41) is 3.32. The minimum Gasteiger partial charge on any atom is -0.317 e. The van der Waals surface area contributed by atoms with Crippen LogP contribution in [0.1, 0.15) is 24.3 Å². The molecule has 0 aliphatic carbocycles. The van der Waals surface area contributed by atoms with Crippen LogP contribution in [0, 0.1) is 0 Å². The van der Waals surface area contributed by atoms with Crippen LogP contribution in [-0.4, -0.2) is 22.6 Å². The first-order chi connectivity index (χ1) is 6.77. The topological polar surface area (TPSA) is 46.9 Å². The Labute approximate surface area is 83.0 Å². The molecule has 4 nitrogen and oxygen atoms in total. The van der Waals surface area contributed by atoms with E-state index in [1.54, 1.807) is 17.8 Å². The summed E-state index contributed by atoms with van der Waals surface area (Å²) in [6, 6.07) is 0. The number of aromatic nitrogens is 2. The molecule has 0 spiro atoms. The molecule has 2 rings (SSSR count). The average molecular weight is 193 g/mol. The van der Waals surface area contributed by atoms with Crippen LogP contribution in [0.2, 0.25) is 0 Å². The molecule has 1 fully saturated rings. The first kappa shape index (κ1) is 9.40. The number of nitrogens with zero attached hydrogens (tertiary/aromatic N) is 2. The van der Waals surface area contributed by atoms with E-state index in [1.165, 1.54) is 5.56 Å². The van der Waals surface area contributed by atoms with Crippen molar-refractivity contribution in [2.75, 3.05) is 13.1 Å². The molecule has 1 aliphatic rings. The van der Waals surface area contributed by atoms with Crippen molar-refractivity contribution in [3.05, 3.63) is 28.4 Å². The van der Waals surface area contributed by atoms with E-state index in [1.807, 2.05) is 6.20 Å². The van der Waals surface area contributed by atoms with Crippen LogP contribution in [0.5, 0.6) is 0 Å². The predicted octanol–water partition coefficient (Wildman–Crippen LogP) is 0.247. The van der Waals surface area contributed by atoms with Crippen LogP contribution >= 0.6 is 0 Å². The lowest BCUT2D eigenvalue weighted by Crippen LogP contribution is -2.28. The molecule has 1 aromatic heterocycles. The molecule has 0 atom stereocenters. The van der Waals surface area contributed by atoms with E-state index in [-0.39, 0.29) is 5.69 Å². The lowest BCUT2D eigenvalue weighted by atomic mass is 9.92. The van der Waals surface area contributed by atoms with Gasteiger partial charge in [0.15, 0.2) is 0 Å². The number of hydrogen-bond acceptors (Lipinski definition) is 3. The molecule has 0 bridgehead atoms. The van der Waals surface area contributed by atoms with Gasteiger partial charge in [0.1, 0.15) is 0 Å². The van der Waals surface area contributed by atoms with Crippen molar-refractivity contribution in [3.63, 3.8) is 0 Å². The Morgan fingerprint density at radius 1 is 1.50 bits per heavy atom. The van der Waals surface area contributed by atoms with E-state index in [9.17, 15) is 4.79 Å². The molecule has 2 heterocycles. The fourth-order valence-electron chi connectivity index (χ4n) is 1.90. The molecule has 76 valence electrons. The molecule has 0 radical (unpaired) electrons. The van der Waals surface area contributed by atoms with Crippen molar-refractivity contribution >= 4 is 0 Å². The van der Waals surface area contributed by atoms with Gasteiger partial charge in [0.25, 0.3) is 0 Å². The van der Waals surface area contributed by atoms with E-state index in [4.69, 9.17) is 0 Å². The Morgan fingerprint density at radius 2 is 2.21 bits per heavy atom. The fourth-order valence-corrected chi connectivity index (χ4v) is 1.90. The highest BCUT2D eigenvalue weighted by molar-refractivity contribution is 5.11. The van der Waals surface area contributed by atoms with Crippen molar-refractivity contribution in [3.8, 4) is 0 Å². The van der Waals surface area contributed by atoms with Gasteiger partial charge < -0.3 is 9.88 Å². The summed E-state index contributed by atoms with van der Waals surface area (Å²) in [7, 11) is 1.75. The number of rotatable bonds is 1. The molecule has 14 heavy (non-hydrogen) atoms. The Kier molecular flexibility index (Phi) is 2.63. The fraction of sp³-hybridized carbons (Fsp3) is 0.600. The van der Waals surface area contributed by atoms with Gasteiger partial charge in [0, 0.05) is 19.4 Å². The second-order valence-electron chi connectivity index (χ2n) is 3.81. The van der Waals surface area contributed by atoms with Gasteiger partial charge in [-0.05, 0) is 37.4 Å². The standard InChI is InChI=1S/C10H15N3O/c1-13-7-9(6-12-10(13)14)8-2-4-11-5-3-8/h6-8,11H,2-5H2,1H3. The van der Waals surface area contributed by atoms with Crippen LogP contribution in [0.3, 0.4) is 0 Å². The third kappa shape index (κ3) is 1.85. The molecule has 0 unspecified atom stereocenters. The summed E-state index contributed by atoms with van der Waals surface area (Å²) in [6.07, 6.45) is 5.91. The third-order valence-electron chi connectivity index (χ3n) is 2.78. The van der Waals surface area contributed by atoms with Crippen molar-refractivity contribution < 1.29 is 0 Å². The molecular formula is C10H15N3O. The Hall–Kier alpha value is -1.16. The van der Waals surface area contributed by atoms with E-state index in [0.717, 1.165) is 25.9 Å².